The second kappa shape index (κ2) is 16.3. The number of nitrogens with one attached hydrogen (secondary N) is 1. The Morgan fingerprint density at radius 3 is 2.38 bits per heavy atom. The van der Waals surface area contributed by atoms with Gasteiger partial charge in [0.2, 0.25) is 0 Å². The highest BCUT2D eigenvalue weighted by Crippen LogP contribution is 2.21. The lowest BCUT2D eigenvalue weighted by Gasteiger charge is -2.28. The summed E-state index contributed by atoms with van der Waals surface area (Å²) in [6, 6.07) is 6.89. The lowest BCUT2D eigenvalue weighted by Crippen LogP contribution is -2.47. The van der Waals surface area contributed by atoms with Gasteiger partial charge in [0.15, 0.2) is 6.10 Å². The minimum Gasteiger partial charge on any atom is -0.492 e. The van der Waals surface area contributed by atoms with Crippen molar-refractivity contribution in [2.45, 2.75) is 76.6 Å². The van der Waals surface area contributed by atoms with E-state index in [9.17, 15) is 27.9 Å². The second-order valence-corrected chi connectivity index (χ2v) is 9.08. The number of nitrogens with zero attached hydrogens (tertiary/aromatic N) is 1. The van der Waals surface area contributed by atoms with Crippen molar-refractivity contribution in [3.05, 3.63) is 29.8 Å². The van der Waals surface area contributed by atoms with E-state index in [1.165, 1.54) is 0 Å². The molecule has 1 aliphatic rings. The average Bonchev–Trinajstić information content (AvgIpc) is 2.85. The molecule has 2 amide bonds. The SMILES string of the molecule is CCOC(Cc1ccc(OCCN(CCOCCCC(F)(F)F)C(=O)NC2CCCCC2)cc1)C(=O)O. The number of carbonyl (C=O) groups excluding carboxylic acids is 1. The minimum absolute atomic E-state index is 0.0214. The van der Waals surface area contributed by atoms with Crippen molar-refractivity contribution < 1.29 is 42.1 Å². The molecule has 1 aliphatic carbocycles. The monoisotopic (exact) mass is 532 g/mol. The number of carboxylic acids is 1. The van der Waals surface area contributed by atoms with Crippen LogP contribution in [0.2, 0.25) is 0 Å². The van der Waals surface area contributed by atoms with E-state index in [1.54, 1.807) is 36.1 Å². The number of urea groups is 1. The molecule has 37 heavy (non-hydrogen) atoms. The van der Waals surface area contributed by atoms with Crippen molar-refractivity contribution in [2.75, 3.05) is 39.5 Å². The third-order valence-corrected chi connectivity index (χ3v) is 6.09. The van der Waals surface area contributed by atoms with Gasteiger partial charge in [0.25, 0.3) is 0 Å². The summed E-state index contributed by atoms with van der Waals surface area (Å²) in [5, 5.41) is 12.3. The van der Waals surface area contributed by atoms with Crippen LogP contribution in [0.15, 0.2) is 24.3 Å². The van der Waals surface area contributed by atoms with Crippen LogP contribution in [0.5, 0.6) is 5.75 Å². The maximum Gasteiger partial charge on any atom is 0.389 e. The van der Waals surface area contributed by atoms with E-state index in [2.05, 4.69) is 5.32 Å². The van der Waals surface area contributed by atoms with Gasteiger partial charge in [0.1, 0.15) is 12.4 Å². The summed E-state index contributed by atoms with van der Waals surface area (Å²) in [6.07, 6.45) is -0.712. The Kier molecular flexibility index (Phi) is 13.6. The van der Waals surface area contributed by atoms with Crippen LogP contribution in [0.25, 0.3) is 0 Å². The molecule has 1 aromatic carbocycles. The molecule has 11 heteroatoms. The fourth-order valence-electron chi connectivity index (χ4n) is 4.11. The molecular weight excluding hydrogens is 493 g/mol. The molecule has 0 aromatic heterocycles. The summed E-state index contributed by atoms with van der Waals surface area (Å²) in [7, 11) is 0. The fraction of sp³-hybridized carbons (Fsp3) is 0.692. The highest BCUT2D eigenvalue weighted by Gasteiger charge is 2.26. The molecule has 1 saturated carbocycles. The lowest BCUT2D eigenvalue weighted by atomic mass is 9.96. The van der Waals surface area contributed by atoms with Gasteiger partial charge in [0.05, 0.1) is 13.2 Å². The van der Waals surface area contributed by atoms with Gasteiger partial charge >= 0.3 is 18.2 Å². The second-order valence-electron chi connectivity index (χ2n) is 9.08. The van der Waals surface area contributed by atoms with Gasteiger partial charge < -0.3 is 29.5 Å². The van der Waals surface area contributed by atoms with Crippen LogP contribution in [-0.4, -0.2) is 79.8 Å². The minimum atomic E-state index is -4.20. The van der Waals surface area contributed by atoms with E-state index < -0.39 is 24.7 Å². The van der Waals surface area contributed by atoms with Crippen LogP contribution in [-0.2, 0) is 20.7 Å². The Balaban J connectivity index is 1.83. The molecular formula is C26H39F3N2O6. The van der Waals surface area contributed by atoms with Gasteiger partial charge in [-0.2, -0.15) is 13.2 Å². The third kappa shape index (κ3) is 13.0. The maximum atomic E-state index is 12.9. The molecule has 1 atom stereocenters. The molecule has 210 valence electrons. The molecule has 0 radical (unpaired) electrons. The first kappa shape index (κ1) is 30.7. The molecule has 1 fully saturated rings. The Hall–Kier alpha value is -2.53. The predicted molar refractivity (Wildman–Crippen MR) is 132 cm³/mol. The molecule has 0 heterocycles. The zero-order valence-electron chi connectivity index (χ0n) is 21.4. The van der Waals surface area contributed by atoms with Gasteiger partial charge in [-0.05, 0) is 43.9 Å². The van der Waals surface area contributed by atoms with Crippen molar-refractivity contribution in [3.63, 3.8) is 0 Å². The average molecular weight is 533 g/mol. The highest BCUT2D eigenvalue weighted by atomic mass is 19.4. The van der Waals surface area contributed by atoms with E-state index in [0.717, 1.165) is 37.7 Å². The Morgan fingerprint density at radius 2 is 1.76 bits per heavy atom. The molecule has 2 rings (SSSR count). The lowest BCUT2D eigenvalue weighted by molar-refractivity contribution is -0.150. The Bertz CT molecular complexity index is 800. The topological polar surface area (TPSA) is 97.3 Å². The predicted octanol–water partition coefficient (Wildman–Crippen LogP) is 4.80. The summed E-state index contributed by atoms with van der Waals surface area (Å²) in [5.74, 6) is -0.443. The first-order valence-electron chi connectivity index (χ1n) is 12.9. The summed E-state index contributed by atoms with van der Waals surface area (Å²) >= 11 is 0. The van der Waals surface area contributed by atoms with Crippen molar-refractivity contribution in [2.24, 2.45) is 0 Å². The Labute approximate surface area is 216 Å². The van der Waals surface area contributed by atoms with Crippen LogP contribution < -0.4 is 10.1 Å². The van der Waals surface area contributed by atoms with E-state index in [-0.39, 0.29) is 57.8 Å². The number of halogens is 3. The largest absolute Gasteiger partial charge is 0.492 e. The van der Waals surface area contributed by atoms with Crippen LogP contribution in [0.3, 0.4) is 0 Å². The summed E-state index contributed by atoms with van der Waals surface area (Å²) < 4.78 is 53.2. The zero-order valence-corrected chi connectivity index (χ0v) is 21.4. The van der Waals surface area contributed by atoms with Gasteiger partial charge in [0, 0.05) is 38.6 Å². The van der Waals surface area contributed by atoms with Gasteiger partial charge in [-0.3, -0.25) is 0 Å². The number of benzene rings is 1. The molecule has 0 saturated heterocycles. The van der Waals surface area contributed by atoms with E-state index in [1.807, 2.05) is 0 Å². The molecule has 1 aromatic rings. The molecule has 0 aliphatic heterocycles. The summed E-state index contributed by atoms with van der Waals surface area (Å²) in [4.78, 5) is 25.7. The quantitative estimate of drug-likeness (QED) is 0.297. The summed E-state index contributed by atoms with van der Waals surface area (Å²) in [5.41, 5.74) is 0.796. The van der Waals surface area contributed by atoms with Crippen LogP contribution in [0.4, 0.5) is 18.0 Å². The number of carbonyl (C=O) groups is 2. The number of aliphatic carboxylic acids is 1. The summed E-state index contributed by atoms with van der Waals surface area (Å²) in [6.45, 7) is 2.88. The van der Waals surface area contributed by atoms with Crippen LogP contribution in [0.1, 0.15) is 57.4 Å². The molecule has 2 N–H and O–H groups in total. The number of amides is 2. The fourth-order valence-corrected chi connectivity index (χ4v) is 4.11. The molecule has 8 nitrogen and oxygen atoms in total. The van der Waals surface area contributed by atoms with Crippen molar-refractivity contribution in [3.8, 4) is 5.75 Å². The van der Waals surface area contributed by atoms with Gasteiger partial charge in [-0.1, -0.05) is 31.4 Å². The maximum absolute atomic E-state index is 12.9. The number of alkyl halides is 3. The number of rotatable bonds is 16. The molecule has 0 bridgehead atoms. The first-order valence-corrected chi connectivity index (χ1v) is 12.9. The van der Waals surface area contributed by atoms with E-state index in [4.69, 9.17) is 14.2 Å². The Morgan fingerprint density at radius 1 is 1.08 bits per heavy atom. The zero-order chi connectivity index (χ0) is 27.1. The molecule has 0 spiro atoms. The molecule has 1 unspecified atom stereocenters. The number of ether oxygens (including phenoxy) is 3. The van der Waals surface area contributed by atoms with Gasteiger partial charge in [-0.25, -0.2) is 9.59 Å². The van der Waals surface area contributed by atoms with E-state index in [0.29, 0.717) is 12.4 Å². The van der Waals surface area contributed by atoms with Crippen LogP contribution >= 0.6 is 0 Å². The smallest absolute Gasteiger partial charge is 0.389 e. The van der Waals surface area contributed by atoms with Crippen LogP contribution in [0, 0.1) is 0 Å². The normalized spacial score (nSPS) is 15.2. The van der Waals surface area contributed by atoms with E-state index >= 15 is 0 Å². The number of carboxylic acid groups (broad SMARTS) is 1. The van der Waals surface area contributed by atoms with Crippen molar-refractivity contribution in [1.29, 1.82) is 0 Å². The highest BCUT2D eigenvalue weighted by molar-refractivity contribution is 5.74. The standard InChI is InChI=1S/C26H39F3N2O6/c1-2-36-23(24(32)33)19-20-9-11-22(12-10-20)37-18-15-31(14-17-35-16-6-13-26(27,28)29)25(34)30-21-7-4-3-5-8-21/h9-12,21,23H,2-8,13-19H2,1H3,(H,30,34)(H,32,33). The number of hydrogen-bond donors (Lipinski definition) is 2. The van der Waals surface area contributed by atoms with Crippen molar-refractivity contribution >= 4 is 12.0 Å². The number of hydrogen-bond acceptors (Lipinski definition) is 5. The first-order chi connectivity index (χ1) is 17.7. The van der Waals surface area contributed by atoms with Gasteiger partial charge in [-0.15, -0.1) is 0 Å². The van der Waals surface area contributed by atoms with Crippen molar-refractivity contribution in [1.82, 2.24) is 10.2 Å². The third-order valence-electron chi connectivity index (χ3n) is 6.09.